The number of nitrogens with one attached hydrogen (secondary N) is 1. The van der Waals surface area contributed by atoms with Crippen molar-refractivity contribution in [1.82, 2.24) is 10.2 Å². The highest BCUT2D eigenvalue weighted by atomic mass is 127. The first-order chi connectivity index (χ1) is 9.69. The molecule has 4 nitrogen and oxygen atoms in total. The van der Waals surface area contributed by atoms with E-state index >= 15 is 0 Å². The van der Waals surface area contributed by atoms with Crippen LogP contribution in [0.5, 0.6) is 0 Å². The van der Waals surface area contributed by atoms with Crippen molar-refractivity contribution in [2.45, 2.75) is 26.8 Å². The van der Waals surface area contributed by atoms with Crippen molar-refractivity contribution < 1.29 is 4.74 Å². The van der Waals surface area contributed by atoms with E-state index in [1.807, 2.05) is 0 Å². The molecule has 0 aromatic heterocycles. The monoisotopic (exact) mass is 405 g/mol. The molecular weight excluding hydrogens is 377 g/mol. The van der Waals surface area contributed by atoms with Crippen molar-refractivity contribution in [2.24, 2.45) is 4.99 Å². The number of guanidine groups is 1. The van der Waals surface area contributed by atoms with Crippen LogP contribution in [0.3, 0.4) is 0 Å². The molecule has 0 bridgehead atoms. The lowest BCUT2D eigenvalue weighted by Crippen LogP contribution is -2.38. The summed E-state index contributed by atoms with van der Waals surface area (Å²) < 4.78 is 5.05. The molecule has 0 spiro atoms. The minimum atomic E-state index is 0. The van der Waals surface area contributed by atoms with Gasteiger partial charge < -0.3 is 15.0 Å². The molecule has 0 heterocycles. The number of aliphatic imine (C=N–C) groups is 1. The van der Waals surface area contributed by atoms with Gasteiger partial charge in [0.2, 0.25) is 0 Å². The van der Waals surface area contributed by atoms with Crippen LogP contribution in [0.15, 0.2) is 29.3 Å². The fraction of sp³-hybridized carbons (Fsp3) is 0.562. The smallest absolute Gasteiger partial charge is 0.193 e. The third-order valence-corrected chi connectivity index (χ3v) is 3.13. The first-order valence-electron chi connectivity index (χ1n) is 7.22. The Morgan fingerprint density at radius 1 is 1.33 bits per heavy atom. The van der Waals surface area contributed by atoms with Gasteiger partial charge >= 0.3 is 0 Å². The van der Waals surface area contributed by atoms with Crippen molar-refractivity contribution in [3.8, 4) is 0 Å². The van der Waals surface area contributed by atoms with Gasteiger partial charge in [-0.05, 0) is 31.4 Å². The summed E-state index contributed by atoms with van der Waals surface area (Å²) in [6.07, 6.45) is 0.948. The average Bonchev–Trinajstić information content (AvgIpc) is 2.44. The third-order valence-electron chi connectivity index (χ3n) is 3.13. The molecular formula is C16H28IN3O. The van der Waals surface area contributed by atoms with Gasteiger partial charge in [-0.25, -0.2) is 0 Å². The van der Waals surface area contributed by atoms with E-state index in [9.17, 15) is 0 Å². The summed E-state index contributed by atoms with van der Waals surface area (Å²) >= 11 is 0. The number of hydrogen-bond acceptors (Lipinski definition) is 2. The summed E-state index contributed by atoms with van der Waals surface area (Å²) in [4.78, 5) is 6.79. The zero-order valence-electron chi connectivity index (χ0n) is 13.6. The summed E-state index contributed by atoms with van der Waals surface area (Å²) in [5.41, 5.74) is 2.65. The molecule has 1 aromatic rings. The number of nitrogens with zero attached hydrogens (tertiary/aromatic N) is 2. The van der Waals surface area contributed by atoms with Crippen LogP contribution in [0.1, 0.15) is 24.5 Å². The molecule has 0 saturated heterocycles. The largest absolute Gasteiger partial charge is 0.385 e. The van der Waals surface area contributed by atoms with Gasteiger partial charge in [0, 0.05) is 40.4 Å². The normalized spacial score (nSPS) is 11.0. The van der Waals surface area contributed by atoms with Gasteiger partial charge in [0.15, 0.2) is 5.96 Å². The van der Waals surface area contributed by atoms with Crippen LogP contribution in [0.2, 0.25) is 0 Å². The molecule has 0 aliphatic carbocycles. The Morgan fingerprint density at radius 2 is 2.05 bits per heavy atom. The standard InChI is InChI=1S/C16H27N3O.HI/c1-5-17-16(18-11-8-12-20-4)19(3)13-15-10-7-6-9-14(15)2;/h6-7,9-10H,5,8,11-13H2,1-4H3,(H,17,18);1H. The molecule has 0 aliphatic rings. The maximum absolute atomic E-state index is 5.05. The first kappa shape index (κ1) is 20.2. The molecule has 0 aliphatic heterocycles. The van der Waals surface area contributed by atoms with Crippen LogP contribution in [0.25, 0.3) is 0 Å². The van der Waals surface area contributed by atoms with Gasteiger partial charge in [-0.2, -0.15) is 0 Å². The highest BCUT2D eigenvalue weighted by Gasteiger charge is 2.07. The quantitative estimate of drug-likeness (QED) is 0.328. The second-order valence-corrected chi connectivity index (χ2v) is 4.86. The predicted molar refractivity (Wildman–Crippen MR) is 101 cm³/mol. The molecule has 0 fully saturated rings. The summed E-state index contributed by atoms with van der Waals surface area (Å²) in [5.74, 6) is 0.951. The number of halogens is 1. The number of ether oxygens (including phenoxy) is 1. The van der Waals surface area contributed by atoms with Crippen LogP contribution in [0.4, 0.5) is 0 Å². The third kappa shape index (κ3) is 7.66. The van der Waals surface area contributed by atoms with Crippen LogP contribution in [-0.4, -0.2) is 44.7 Å². The molecule has 0 amide bonds. The lowest BCUT2D eigenvalue weighted by molar-refractivity contribution is 0.197. The number of aryl methyl sites for hydroxylation is 1. The highest BCUT2D eigenvalue weighted by molar-refractivity contribution is 14.0. The molecule has 0 unspecified atom stereocenters. The Balaban J connectivity index is 0.00000400. The van der Waals surface area contributed by atoms with Gasteiger partial charge in [0.25, 0.3) is 0 Å². The molecule has 0 saturated carbocycles. The van der Waals surface area contributed by atoms with E-state index < -0.39 is 0 Å². The van der Waals surface area contributed by atoms with Gasteiger partial charge in [-0.1, -0.05) is 24.3 Å². The minimum absolute atomic E-state index is 0. The van der Waals surface area contributed by atoms with E-state index in [2.05, 4.69) is 60.4 Å². The molecule has 1 N–H and O–H groups in total. The van der Waals surface area contributed by atoms with Crippen LogP contribution < -0.4 is 5.32 Å². The molecule has 0 atom stereocenters. The van der Waals surface area contributed by atoms with Gasteiger partial charge in [0.1, 0.15) is 0 Å². The van der Waals surface area contributed by atoms with E-state index in [4.69, 9.17) is 4.74 Å². The Kier molecular flexibility index (Phi) is 11.3. The second-order valence-electron chi connectivity index (χ2n) is 4.86. The van der Waals surface area contributed by atoms with Crippen molar-refractivity contribution in [2.75, 3.05) is 33.9 Å². The summed E-state index contributed by atoms with van der Waals surface area (Å²) in [6.45, 7) is 7.51. The Bertz CT molecular complexity index is 424. The predicted octanol–water partition coefficient (Wildman–Crippen LogP) is 3.05. The van der Waals surface area contributed by atoms with E-state index in [1.54, 1.807) is 7.11 Å². The summed E-state index contributed by atoms with van der Waals surface area (Å²) in [7, 11) is 3.80. The lowest BCUT2D eigenvalue weighted by atomic mass is 10.1. The van der Waals surface area contributed by atoms with Crippen LogP contribution in [-0.2, 0) is 11.3 Å². The topological polar surface area (TPSA) is 36.9 Å². The highest BCUT2D eigenvalue weighted by Crippen LogP contribution is 2.09. The SMILES string of the molecule is CCNC(=NCCCOC)N(C)Cc1ccccc1C.I. The first-order valence-corrected chi connectivity index (χ1v) is 7.22. The van der Waals surface area contributed by atoms with E-state index in [0.717, 1.165) is 38.6 Å². The molecule has 1 rings (SSSR count). The van der Waals surface area contributed by atoms with Crippen molar-refractivity contribution in [3.05, 3.63) is 35.4 Å². The molecule has 120 valence electrons. The van der Waals surface area contributed by atoms with Crippen molar-refractivity contribution in [3.63, 3.8) is 0 Å². The van der Waals surface area contributed by atoms with E-state index in [-0.39, 0.29) is 24.0 Å². The zero-order valence-corrected chi connectivity index (χ0v) is 15.9. The molecule has 1 aromatic carbocycles. The fourth-order valence-corrected chi connectivity index (χ4v) is 1.98. The summed E-state index contributed by atoms with van der Waals surface area (Å²) in [5, 5.41) is 3.33. The maximum Gasteiger partial charge on any atom is 0.193 e. The molecule has 5 heteroatoms. The minimum Gasteiger partial charge on any atom is -0.385 e. The summed E-state index contributed by atoms with van der Waals surface area (Å²) in [6, 6.07) is 8.47. The van der Waals surface area contributed by atoms with E-state index in [0.29, 0.717) is 0 Å². The maximum atomic E-state index is 5.05. The Labute approximate surface area is 146 Å². The van der Waals surface area contributed by atoms with Crippen LogP contribution in [0, 0.1) is 6.92 Å². The average molecular weight is 405 g/mol. The number of benzene rings is 1. The van der Waals surface area contributed by atoms with Gasteiger partial charge in [-0.3, -0.25) is 4.99 Å². The zero-order chi connectivity index (χ0) is 14.8. The number of rotatable bonds is 7. The van der Waals surface area contributed by atoms with E-state index in [1.165, 1.54) is 11.1 Å². The van der Waals surface area contributed by atoms with Gasteiger partial charge in [0.05, 0.1) is 0 Å². The fourth-order valence-electron chi connectivity index (χ4n) is 1.98. The molecule has 21 heavy (non-hydrogen) atoms. The lowest BCUT2D eigenvalue weighted by Gasteiger charge is -2.23. The van der Waals surface area contributed by atoms with Crippen molar-refractivity contribution >= 4 is 29.9 Å². The second kappa shape index (κ2) is 11.8. The Hall–Kier alpha value is -0.820. The Morgan fingerprint density at radius 3 is 2.67 bits per heavy atom. The van der Waals surface area contributed by atoms with Crippen LogP contribution >= 0.6 is 24.0 Å². The number of hydrogen-bond donors (Lipinski definition) is 1. The molecule has 0 radical (unpaired) electrons. The van der Waals surface area contributed by atoms with Crippen molar-refractivity contribution in [1.29, 1.82) is 0 Å². The number of methoxy groups -OCH3 is 1. The van der Waals surface area contributed by atoms with Gasteiger partial charge in [-0.15, -0.1) is 24.0 Å².